The Bertz CT molecular complexity index is 414. The zero-order valence-corrected chi connectivity index (χ0v) is 11.3. The van der Waals surface area contributed by atoms with Crippen molar-refractivity contribution >= 4 is 15.8 Å². The van der Waals surface area contributed by atoms with E-state index in [0.717, 1.165) is 6.54 Å². The van der Waals surface area contributed by atoms with Gasteiger partial charge >= 0.3 is 0 Å². The zero-order valence-electron chi connectivity index (χ0n) is 10.5. The summed E-state index contributed by atoms with van der Waals surface area (Å²) in [6.45, 7) is 5.79. The molecule has 2 rings (SSSR count). The summed E-state index contributed by atoms with van der Waals surface area (Å²) in [7, 11) is -2.83. The van der Waals surface area contributed by atoms with Crippen LogP contribution in [0, 0.1) is 5.92 Å². The van der Waals surface area contributed by atoms with E-state index in [4.69, 9.17) is 5.73 Å². The van der Waals surface area contributed by atoms with Crippen LogP contribution in [-0.2, 0) is 9.84 Å². The van der Waals surface area contributed by atoms with Crippen molar-refractivity contribution in [1.82, 2.24) is 4.90 Å². The minimum absolute atomic E-state index is 0.125. The van der Waals surface area contributed by atoms with E-state index < -0.39 is 9.84 Å². The molecule has 5 nitrogen and oxygen atoms in total. The Balaban J connectivity index is 2.15. The molecule has 98 valence electrons. The lowest BCUT2D eigenvalue weighted by atomic mass is 9.90. The van der Waals surface area contributed by atoms with Gasteiger partial charge in [-0.3, -0.25) is 4.99 Å². The van der Waals surface area contributed by atoms with Gasteiger partial charge in [0.2, 0.25) is 0 Å². The molecular formula is C11H21N3O2S. The van der Waals surface area contributed by atoms with E-state index in [1.807, 2.05) is 0 Å². The van der Waals surface area contributed by atoms with Crippen LogP contribution in [0.3, 0.4) is 0 Å². The van der Waals surface area contributed by atoms with Gasteiger partial charge in [-0.1, -0.05) is 13.8 Å². The van der Waals surface area contributed by atoms with Crippen molar-refractivity contribution in [1.29, 1.82) is 0 Å². The first kappa shape index (κ1) is 12.7. The molecule has 0 aromatic carbocycles. The molecule has 6 heteroatoms. The largest absolute Gasteiger partial charge is 0.370 e. The molecule has 0 aromatic rings. The van der Waals surface area contributed by atoms with Gasteiger partial charge < -0.3 is 10.6 Å². The number of guanidine groups is 1. The summed E-state index contributed by atoms with van der Waals surface area (Å²) in [6.07, 6.45) is 1.32. The van der Waals surface area contributed by atoms with Gasteiger partial charge in [-0.05, 0) is 18.8 Å². The van der Waals surface area contributed by atoms with Gasteiger partial charge in [0.15, 0.2) is 15.8 Å². The fourth-order valence-corrected chi connectivity index (χ4v) is 4.23. The molecule has 17 heavy (non-hydrogen) atoms. The highest BCUT2D eigenvalue weighted by Gasteiger charge is 2.45. The summed E-state index contributed by atoms with van der Waals surface area (Å²) >= 11 is 0. The number of aliphatic imine (C=N–C) groups is 1. The average Bonchev–Trinajstić information content (AvgIpc) is 2.52. The van der Waals surface area contributed by atoms with Crippen molar-refractivity contribution in [2.45, 2.75) is 32.2 Å². The van der Waals surface area contributed by atoms with Crippen LogP contribution in [0.1, 0.15) is 26.7 Å². The van der Waals surface area contributed by atoms with Gasteiger partial charge in [-0.15, -0.1) is 0 Å². The Hall–Kier alpha value is -0.780. The van der Waals surface area contributed by atoms with Crippen LogP contribution in [0.4, 0.5) is 0 Å². The molecule has 0 unspecified atom stereocenters. The SMILES string of the molecule is CC(C)CN1C(N)=NCC12CCS(=O)(=O)CC2. The lowest BCUT2D eigenvalue weighted by Gasteiger charge is -2.42. The highest BCUT2D eigenvalue weighted by molar-refractivity contribution is 7.91. The van der Waals surface area contributed by atoms with Crippen molar-refractivity contribution in [2.24, 2.45) is 16.6 Å². The van der Waals surface area contributed by atoms with Crippen LogP contribution < -0.4 is 5.73 Å². The fourth-order valence-electron chi connectivity index (χ4n) is 2.64. The van der Waals surface area contributed by atoms with E-state index in [1.54, 1.807) is 0 Å². The number of hydrogen-bond acceptors (Lipinski definition) is 5. The maximum Gasteiger partial charge on any atom is 0.191 e. The maximum absolute atomic E-state index is 11.5. The van der Waals surface area contributed by atoms with Crippen molar-refractivity contribution in [3.05, 3.63) is 0 Å². The Morgan fingerprint density at radius 1 is 1.41 bits per heavy atom. The number of sulfone groups is 1. The maximum atomic E-state index is 11.5. The predicted molar refractivity (Wildman–Crippen MR) is 68.7 cm³/mol. The van der Waals surface area contributed by atoms with Crippen LogP contribution in [0.2, 0.25) is 0 Å². The first-order valence-corrected chi connectivity index (χ1v) is 7.95. The zero-order chi connectivity index (χ0) is 12.7. The molecule has 0 aliphatic carbocycles. The molecule has 0 amide bonds. The minimum Gasteiger partial charge on any atom is -0.370 e. The lowest BCUT2D eigenvalue weighted by molar-refractivity contribution is 0.166. The van der Waals surface area contributed by atoms with Gasteiger partial charge in [0.05, 0.1) is 23.6 Å². The van der Waals surface area contributed by atoms with Gasteiger partial charge in [-0.25, -0.2) is 8.42 Å². The minimum atomic E-state index is -2.83. The lowest BCUT2D eigenvalue weighted by Crippen LogP contribution is -2.56. The molecule has 2 N–H and O–H groups in total. The third-order valence-corrected chi connectivity index (χ3v) is 5.34. The van der Waals surface area contributed by atoms with Crippen molar-refractivity contribution in [2.75, 3.05) is 24.6 Å². The fraction of sp³-hybridized carbons (Fsp3) is 0.909. The van der Waals surface area contributed by atoms with Crippen LogP contribution in [0.25, 0.3) is 0 Å². The van der Waals surface area contributed by atoms with Gasteiger partial charge in [0.25, 0.3) is 0 Å². The van der Waals surface area contributed by atoms with Crippen LogP contribution in [-0.4, -0.2) is 49.4 Å². The Kier molecular flexibility index (Phi) is 3.10. The molecule has 2 aliphatic rings. The van der Waals surface area contributed by atoms with Crippen molar-refractivity contribution < 1.29 is 8.42 Å². The van der Waals surface area contributed by atoms with E-state index in [0.29, 0.717) is 31.3 Å². The smallest absolute Gasteiger partial charge is 0.191 e. The summed E-state index contributed by atoms with van der Waals surface area (Å²) in [5, 5.41) is 0. The van der Waals surface area contributed by atoms with Crippen molar-refractivity contribution in [3.8, 4) is 0 Å². The monoisotopic (exact) mass is 259 g/mol. The molecule has 0 radical (unpaired) electrons. The molecule has 0 saturated carbocycles. The molecule has 1 spiro atoms. The van der Waals surface area contributed by atoms with E-state index in [1.165, 1.54) is 0 Å². The number of rotatable bonds is 2. The highest BCUT2D eigenvalue weighted by atomic mass is 32.2. The standard InChI is InChI=1S/C11H21N3O2S/c1-9(2)7-14-10(12)13-8-11(14)3-5-17(15,16)6-4-11/h9H,3-8H2,1-2H3,(H2,12,13). The van der Waals surface area contributed by atoms with Crippen LogP contribution >= 0.6 is 0 Å². The Labute approximate surface area is 103 Å². The van der Waals surface area contributed by atoms with Crippen LogP contribution in [0.5, 0.6) is 0 Å². The third kappa shape index (κ3) is 2.41. The van der Waals surface area contributed by atoms with E-state index >= 15 is 0 Å². The quantitative estimate of drug-likeness (QED) is 0.769. The first-order chi connectivity index (χ1) is 7.85. The second kappa shape index (κ2) is 4.15. The normalized spacial score (nSPS) is 26.5. The molecule has 0 bridgehead atoms. The molecule has 0 atom stereocenters. The topological polar surface area (TPSA) is 75.8 Å². The van der Waals surface area contributed by atoms with Gasteiger partial charge in [-0.2, -0.15) is 0 Å². The number of nitrogens with zero attached hydrogens (tertiary/aromatic N) is 2. The average molecular weight is 259 g/mol. The number of hydrogen-bond donors (Lipinski definition) is 1. The van der Waals surface area contributed by atoms with E-state index in [2.05, 4.69) is 23.7 Å². The molecule has 1 fully saturated rings. The molecule has 0 aromatic heterocycles. The molecule has 2 heterocycles. The summed E-state index contributed by atoms with van der Waals surface area (Å²) in [5.41, 5.74) is 5.80. The molecule has 1 saturated heterocycles. The predicted octanol–water partition coefficient (Wildman–Crippen LogP) is 0.220. The van der Waals surface area contributed by atoms with E-state index in [9.17, 15) is 8.42 Å². The second-order valence-electron chi connectivity index (χ2n) is 5.56. The summed E-state index contributed by atoms with van der Waals surface area (Å²) in [6, 6.07) is 0. The molecule has 2 aliphatic heterocycles. The Morgan fingerprint density at radius 3 is 2.53 bits per heavy atom. The van der Waals surface area contributed by atoms with Gasteiger partial charge in [0.1, 0.15) is 0 Å². The van der Waals surface area contributed by atoms with Gasteiger partial charge in [0, 0.05) is 6.54 Å². The highest BCUT2D eigenvalue weighted by Crippen LogP contribution is 2.34. The summed E-state index contributed by atoms with van der Waals surface area (Å²) in [4.78, 5) is 6.45. The molecular weight excluding hydrogens is 238 g/mol. The van der Waals surface area contributed by atoms with Crippen LogP contribution in [0.15, 0.2) is 4.99 Å². The number of nitrogens with two attached hydrogens (primary N) is 1. The van der Waals surface area contributed by atoms with Crippen molar-refractivity contribution in [3.63, 3.8) is 0 Å². The third-order valence-electron chi connectivity index (χ3n) is 3.69. The first-order valence-electron chi connectivity index (χ1n) is 6.13. The Morgan fingerprint density at radius 2 is 2.00 bits per heavy atom. The summed E-state index contributed by atoms with van der Waals surface area (Å²) < 4.78 is 23.0. The summed E-state index contributed by atoms with van der Waals surface area (Å²) in [5.74, 6) is 1.62. The van der Waals surface area contributed by atoms with E-state index in [-0.39, 0.29) is 17.0 Å². The second-order valence-corrected chi connectivity index (χ2v) is 7.86.